The molecule has 0 atom stereocenters. The highest BCUT2D eigenvalue weighted by atomic mass is 32.2. The van der Waals surface area contributed by atoms with Gasteiger partial charge in [-0.25, -0.2) is 0 Å². The summed E-state index contributed by atoms with van der Waals surface area (Å²) in [5.41, 5.74) is 1.12. The maximum absolute atomic E-state index is 13.0. The quantitative estimate of drug-likeness (QED) is 0.120. The fraction of sp³-hybridized carbons (Fsp3) is 0.607. The van der Waals surface area contributed by atoms with Crippen molar-refractivity contribution in [2.45, 2.75) is 102 Å². The molecule has 0 unspecified atom stereocenters. The number of carbonyl (C=O) groups is 2. The second-order valence-electron chi connectivity index (χ2n) is 9.60. The molecule has 1 saturated heterocycles. The van der Waals surface area contributed by atoms with Gasteiger partial charge in [0, 0.05) is 11.4 Å². The van der Waals surface area contributed by atoms with Crippen molar-refractivity contribution in [3.05, 3.63) is 34.2 Å². The second-order valence-corrected chi connectivity index (χ2v) is 12.3. The van der Waals surface area contributed by atoms with Crippen LogP contribution in [0, 0.1) is 0 Å². The molecule has 3 rings (SSSR count). The number of hydrogen-bond donors (Lipinski definition) is 1. The number of thiocarbonyl (C=S) groups is 1. The maximum atomic E-state index is 13.0. The van der Waals surface area contributed by atoms with Crippen molar-refractivity contribution >= 4 is 57.6 Å². The van der Waals surface area contributed by atoms with Crippen molar-refractivity contribution in [1.82, 2.24) is 4.90 Å². The van der Waals surface area contributed by atoms with Gasteiger partial charge in [-0.15, -0.1) is 0 Å². The number of hydrogen-bond acceptors (Lipinski definition) is 6. The van der Waals surface area contributed by atoms with E-state index in [1.54, 1.807) is 11.8 Å². The molecule has 8 heteroatoms. The lowest BCUT2D eigenvalue weighted by Gasteiger charge is -2.21. The van der Waals surface area contributed by atoms with Crippen LogP contribution in [0.25, 0.3) is 0 Å². The summed E-state index contributed by atoms with van der Waals surface area (Å²) >= 11 is 8.12. The van der Waals surface area contributed by atoms with E-state index in [9.17, 15) is 9.59 Å². The molecule has 0 aliphatic carbocycles. The van der Waals surface area contributed by atoms with Crippen LogP contribution in [0.4, 0.5) is 5.69 Å². The minimum atomic E-state index is -1.06. The second kappa shape index (κ2) is 15.7. The van der Waals surface area contributed by atoms with Gasteiger partial charge in [0.25, 0.3) is 5.91 Å². The minimum Gasteiger partial charge on any atom is -0.480 e. The van der Waals surface area contributed by atoms with Gasteiger partial charge in [0.15, 0.2) is 0 Å². The standard InChI is InChI=1S/C28H40N2O3S3/c1-2-3-4-5-6-7-8-9-10-11-12-13-14-17-20-29-22-18-15-16-19-23(22)35-27(29)25-26(33)30(21-24(31)32)28(34)36-25/h15-16,18-19H,2-14,17,20-21H2,1H3,(H,31,32)/b27-25+. The molecule has 1 aromatic rings. The van der Waals surface area contributed by atoms with Gasteiger partial charge < -0.3 is 10.0 Å². The van der Waals surface area contributed by atoms with Crippen LogP contribution in [-0.2, 0) is 9.59 Å². The van der Waals surface area contributed by atoms with Gasteiger partial charge in [-0.05, 0) is 18.6 Å². The van der Waals surface area contributed by atoms with Crippen molar-refractivity contribution in [3.8, 4) is 0 Å². The van der Waals surface area contributed by atoms with E-state index in [4.69, 9.17) is 17.3 Å². The Morgan fingerprint density at radius 1 is 0.833 bits per heavy atom. The molecule has 5 nitrogen and oxygen atoms in total. The summed E-state index contributed by atoms with van der Waals surface area (Å²) in [6.45, 7) is 2.73. The Balaban J connectivity index is 1.41. The summed E-state index contributed by atoms with van der Waals surface area (Å²) in [6.07, 6.45) is 18.6. The normalized spacial score (nSPS) is 17.4. The molecule has 2 heterocycles. The Labute approximate surface area is 230 Å². The fourth-order valence-corrected chi connectivity index (χ4v) is 7.28. The highest BCUT2D eigenvalue weighted by Crippen LogP contribution is 2.50. The first kappa shape index (κ1) is 29.1. The predicted octanol–water partition coefficient (Wildman–Crippen LogP) is 8.19. The number of fused-ring (bicyclic) bond motifs is 1. The van der Waals surface area contributed by atoms with Crippen LogP contribution in [0.2, 0.25) is 0 Å². The van der Waals surface area contributed by atoms with Crippen molar-refractivity contribution in [2.75, 3.05) is 18.0 Å². The van der Waals surface area contributed by atoms with Crippen LogP contribution in [0.5, 0.6) is 0 Å². The third-order valence-electron chi connectivity index (χ3n) is 6.68. The first-order valence-electron chi connectivity index (χ1n) is 13.6. The third-order valence-corrected chi connectivity index (χ3v) is 9.43. The number of nitrogens with zero attached hydrogens (tertiary/aromatic N) is 2. The number of thioether (sulfide) groups is 2. The predicted molar refractivity (Wildman–Crippen MR) is 157 cm³/mol. The number of para-hydroxylation sites is 1. The molecule has 0 bridgehead atoms. The molecule has 198 valence electrons. The Bertz CT molecular complexity index is 934. The highest BCUT2D eigenvalue weighted by molar-refractivity contribution is 8.27. The lowest BCUT2D eigenvalue weighted by Crippen LogP contribution is -2.33. The summed E-state index contributed by atoms with van der Waals surface area (Å²) in [5.74, 6) is -1.35. The number of anilines is 1. The highest BCUT2D eigenvalue weighted by Gasteiger charge is 2.39. The number of benzene rings is 1. The fourth-order valence-electron chi connectivity index (χ4n) is 4.69. The van der Waals surface area contributed by atoms with Gasteiger partial charge in [0.05, 0.1) is 5.69 Å². The van der Waals surface area contributed by atoms with Crippen LogP contribution in [0.15, 0.2) is 39.1 Å². The Morgan fingerprint density at radius 2 is 1.39 bits per heavy atom. The summed E-state index contributed by atoms with van der Waals surface area (Å²) in [4.78, 5) is 29.3. The smallest absolute Gasteiger partial charge is 0.323 e. The van der Waals surface area contributed by atoms with Crippen LogP contribution < -0.4 is 4.90 Å². The molecule has 1 fully saturated rings. The zero-order valence-electron chi connectivity index (χ0n) is 21.5. The molecule has 36 heavy (non-hydrogen) atoms. The van der Waals surface area contributed by atoms with Crippen LogP contribution >= 0.6 is 35.7 Å². The largest absolute Gasteiger partial charge is 0.480 e. The van der Waals surface area contributed by atoms with E-state index >= 15 is 0 Å². The Kier molecular flexibility index (Phi) is 12.6. The molecule has 1 aromatic carbocycles. The number of unbranched alkanes of at least 4 members (excludes halogenated alkanes) is 13. The molecular formula is C28H40N2O3S3. The summed E-state index contributed by atoms with van der Waals surface area (Å²) in [7, 11) is 0. The van der Waals surface area contributed by atoms with Crippen LogP contribution in [0.1, 0.15) is 96.8 Å². The van der Waals surface area contributed by atoms with Gasteiger partial charge in [-0.2, -0.15) is 0 Å². The molecule has 1 amide bonds. The van der Waals surface area contributed by atoms with E-state index in [-0.39, 0.29) is 5.91 Å². The monoisotopic (exact) mass is 548 g/mol. The van der Waals surface area contributed by atoms with Crippen LogP contribution in [0.3, 0.4) is 0 Å². The average Bonchev–Trinajstić information content (AvgIpc) is 3.36. The number of amides is 1. The molecule has 2 aliphatic rings. The van der Waals surface area contributed by atoms with Crippen LogP contribution in [-0.4, -0.2) is 39.3 Å². The first-order valence-corrected chi connectivity index (χ1v) is 15.6. The molecular weight excluding hydrogens is 509 g/mol. The maximum Gasteiger partial charge on any atom is 0.323 e. The third kappa shape index (κ3) is 8.52. The molecule has 1 N–H and O–H groups in total. The van der Waals surface area contributed by atoms with E-state index in [2.05, 4.69) is 24.0 Å². The van der Waals surface area contributed by atoms with Crippen molar-refractivity contribution in [3.63, 3.8) is 0 Å². The van der Waals surface area contributed by atoms with Gasteiger partial charge in [0.1, 0.15) is 20.8 Å². The molecule has 0 saturated carbocycles. The molecule has 0 radical (unpaired) electrons. The number of carboxylic acid groups (broad SMARTS) is 1. The van der Waals surface area contributed by atoms with Crippen molar-refractivity contribution in [1.29, 1.82) is 0 Å². The average molecular weight is 549 g/mol. The van der Waals surface area contributed by atoms with E-state index in [0.29, 0.717) is 9.23 Å². The number of carboxylic acids is 1. The lowest BCUT2D eigenvalue weighted by atomic mass is 10.0. The van der Waals surface area contributed by atoms with E-state index in [1.807, 2.05) is 12.1 Å². The van der Waals surface area contributed by atoms with Crippen molar-refractivity contribution < 1.29 is 14.7 Å². The zero-order valence-corrected chi connectivity index (χ0v) is 24.0. The van der Waals surface area contributed by atoms with Gasteiger partial charge in [0.2, 0.25) is 0 Å². The van der Waals surface area contributed by atoms with E-state index < -0.39 is 12.5 Å². The van der Waals surface area contributed by atoms with Gasteiger partial charge >= 0.3 is 5.97 Å². The summed E-state index contributed by atoms with van der Waals surface area (Å²) in [6, 6.07) is 8.20. The Hall–Kier alpha value is -1.51. The number of rotatable bonds is 17. The number of aliphatic carboxylic acids is 1. The first-order chi connectivity index (χ1) is 17.5. The molecule has 2 aliphatic heterocycles. The molecule has 0 aromatic heterocycles. The Morgan fingerprint density at radius 3 is 1.97 bits per heavy atom. The van der Waals surface area contributed by atoms with E-state index in [1.165, 1.54) is 100 Å². The lowest BCUT2D eigenvalue weighted by molar-refractivity contribution is -0.140. The topological polar surface area (TPSA) is 60.9 Å². The van der Waals surface area contributed by atoms with Gasteiger partial charge in [-0.1, -0.05) is 138 Å². The SMILES string of the molecule is CCCCCCCCCCCCCCCCN1/C(=C2\SC(=S)N(CC(=O)O)C2=O)Sc2ccccc21. The summed E-state index contributed by atoms with van der Waals surface area (Å²) < 4.78 is 0.317. The van der Waals surface area contributed by atoms with Gasteiger partial charge in [-0.3, -0.25) is 14.5 Å². The van der Waals surface area contributed by atoms with Crippen molar-refractivity contribution in [2.24, 2.45) is 0 Å². The number of carbonyl (C=O) groups excluding carboxylic acids is 1. The zero-order chi connectivity index (χ0) is 25.8. The van der Waals surface area contributed by atoms with E-state index in [0.717, 1.165) is 28.6 Å². The minimum absolute atomic E-state index is 0.298. The molecule has 0 spiro atoms. The summed E-state index contributed by atoms with van der Waals surface area (Å²) in [5, 5.41) is 10.0.